The Morgan fingerprint density at radius 1 is 1.08 bits per heavy atom. The highest BCUT2D eigenvalue weighted by molar-refractivity contribution is 7.92. The number of nitrogens with one attached hydrogen (secondary N) is 1. The highest BCUT2D eigenvalue weighted by Crippen LogP contribution is 2.25. The number of rotatable bonds is 7. The molecule has 0 unspecified atom stereocenters. The molecule has 2 aromatic carbocycles. The molecule has 6 heteroatoms. The summed E-state index contributed by atoms with van der Waals surface area (Å²) in [6.07, 6.45) is 5.37. The van der Waals surface area contributed by atoms with Gasteiger partial charge < -0.3 is 4.74 Å². The molecule has 0 saturated heterocycles. The van der Waals surface area contributed by atoms with E-state index in [0.717, 1.165) is 23.6 Å². The van der Waals surface area contributed by atoms with Gasteiger partial charge in [0.05, 0.1) is 17.2 Å². The van der Waals surface area contributed by atoms with Crippen LogP contribution in [0.4, 0.5) is 5.69 Å². The molecule has 130 valence electrons. The first-order chi connectivity index (χ1) is 12.1. The van der Waals surface area contributed by atoms with Crippen LogP contribution >= 0.6 is 0 Å². The van der Waals surface area contributed by atoms with Crippen molar-refractivity contribution >= 4 is 26.5 Å². The molecule has 3 rings (SSSR count). The van der Waals surface area contributed by atoms with Crippen LogP contribution in [0.2, 0.25) is 0 Å². The van der Waals surface area contributed by atoms with Gasteiger partial charge in [-0.2, -0.15) is 0 Å². The number of ether oxygens (including phenoxy) is 1. The summed E-state index contributed by atoms with van der Waals surface area (Å²) < 4.78 is 33.5. The molecular weight excluding hydrogens is 336 g/mol. The minimum atomic E-state index is -3.67. The van der Waals surface area contributed by atoms with E-state index < -0.39 is 10.0 Å². The van der Waals surface area contributed by atoms with Gasteiger partial charge in [-0.05, 0) is 42.8 Å². The Labute approximate surface area is 147 Å². The van der Waals surface area contributed by atoms with Crippen molar-refractivity contribution in [3.63, 3.8) is 0 Å². The van der Waals surface area contributed by atoms with Crippen molar-refractivity contribution < 1.29 is 13.2 Å². The SMILES string of the molecule is CCCCOc1ccc(S(=O)(=O)Nc2cccc3cnccc23)cc1. The quantitative estimate of drug-likeness (QED) is 0.644. The van der Waals surface area contributed by atoms with E-state index in [4.69, 9.17) is 4.74 Å². The fourth-order valence-corrected chi connectivity index (χ4v) is 3.54. The molecule has 5 nitrogen and oxygen atoms in total. The van der Waals surface area contributed by atoms with Crippen molar-refractivity contribution in [1.82, 2.24) is 4.98 Å². The van der Waals surface area contributed by atoms with Crippen LogP contribution in [0, 0.1) is 0 Å². The number of fused-ring (bicyclic) bond motifs is 1. The highest BCUT2D eigenvalue weighted by atomic mass is 32.2. The third kappa shape index (κ3) is 4.09. The molecule has 0 bridgehead atoms. The minimum Gasteiger partial charge on any atom is -0.494 e. The number of hydrogen-bond acceptors (Lipinski definition) is 4. The molecule has 1 aromatic heterocycles. The standard InChI is InChI=1S/C19H20N2O3S/c1-2-3-13-24-16-7-9-17(10-8-16)25(22,23)21-19-6-4-5-15-14-20-12-11-18(15)19/h4-12,14,21H,2-3,13H2,1H3. The lowest BCUT2D eigenvalue weighted by atomic mass is 10.1. The summed E-state index contributed by atoms with van der Waals surface area (Å²) in [7, 11) is -3.67. The second kappa shape index (κ2) is 7.53. The maximum atomic E-state index is 12.6. The summed E-state index contributed by atoms with van der Waals surface area (Å²) in [4.78, 5) is 4.25. The number of anilines is 1. The molecule has 0 radical (unpaired) electrons. The maximum Gasteiger partial charge on any atom is 0.261 e. The van der Waals surface area contributed by atoms with E-state index in [0.29, 0.717) is 18.0 Å². The summed E-state index contributed by atoms with van der Waals surface area (Å²) >= 11 is 0. The Morgan fingerprint density at radius 3 is 2.64 bits per heavy atom. The van der Waals surface area contributed by atoms with E-state index in [9.17, 15) is 8.42 Å². The van der Waals surface area contributed by atoms with Crippen LogP contribution in [-0.2, 0) is 10.0 Å². The second-order valence-electron chi connectivity index (χ2n) is 5.68. The number of sulfonamides is 1. The molecular formula is C19H20N2O3S. The van der Waals surface area contributed by atoms with Gasteiger partial charge in [-0.15, -0.1) is 0 Å². The zero-order valence-corrected chi connectivity index (χ0v) is 14.8. The summed E-state index contributed by atoms with van der Waals surface area (Å²) in [5, 5.41) is 1.68. The topological polar surface area (TPSA) is 68.3 Å². The average molecular weight is 356 g/mol. The fraction of sp³-hybridized carbons (Fsp3) is 0.211. The molecule has 0 aliphatic heterocycles. The summed E-state index contributed by atoms with van der Waals surface area (Å²) in [5.41, 5.74) is 0.531. The van der Waals surface area contributed by atoms with E-state index in [1.165, 1.54) is 0 Å². The predicted octanol–water partition coefficient (Wildman–Crippen LogP) is 4.21. The van der Waals surface area contributed by atoms with Crippen LogP contribution in [0.3, 0.4) is 0 Å². The zero-order valence-electron chi connectivity index (χ0n) is 14.0. The molecule has 1 heterocycles. The monoisotopic (exact) mass is 356 g/mol. The van der Waals surface area contributed by atoms with Gasteiger partial charge in [-0.1, -0.05) is 25.5 Å². The van der Waals surface area contributed by atoms with Crippen LogP contribution in [0.15, 0.2) is 65.8 Å². The number of aromatic nitrogens is 1. The third-order valence-electron chi connectivity index (χ3n) is 3.83. The van der Waals surface area contributed by atoms with Crippen LogP contribution in [-0.4, -0.2) is 20.0 Å². The Bertz CT molecular complexity index is 949. The van der Waals surface area contributed by atoms with E-state index in [2.05, 4.69) is 16.6 Å². The van der Waals surface area contributed by atoms with Crippen LogP contribution in [0.1, 0.15) is 19.8 Å². The third-order valence-corrected chi connectivity index (χ3v) is 5.21. The lowest BCUT2D eigenvalue weighted by Crippen LogP contribution is -2.13. The first-order valence-corrected chi connectivity index (χ1v) is 9.67. The smallest absolute Gasteiger partial charge is 0.261 e. The van der Waals surface area contributed by atoms with Gasteiger partial charge in [0.1, 0.15) is 5.75 Å². The fourth-order valence-electron chi connectivity index (χ4n) is 2.46. The number of benzene rings is 2. The summed E-state index contributed by atoms with van der Waals surface area (Å²) in [6.45, 7) is 2.72. The molecule has 0 saturated carbocycles. The first kappa shape index (κ1) is 17.2. The van der Waals surface area contributed by atoms with Gasteiger partial charge in [0.25, 0.3) is 10.0 Å². The minimum absolute atomic E-state index is 0.196. The predicted molar refractivity (Wildman–Crippen MR) is 99.4 cm³/mol. The maximum absolute atomic E-state index is 12.6. The molecule has 3 aromatic rings. The Morgan fingerprint density at radius 2 is 1.88 bits per heavy atom. The number of nitrogens with zero attached hydrogens (tertiary/aromatic N) is 1. The van der Waals surface area contributed by atoms with Gasteiger partial charge in [0.2, 0.25) is 0 Å². The molecule has 0 spiro atoms. The number of hydrogen-bond donors (Lipinski definition) is 1. The number of unbranched alkanes of at least 4 members (excludes halogenated alkanes) is 1. The van der Waals surface area contributed by atoms with E-state index in [1.807, 2.05) is 6.07 Å². The number of pyridine rings is 1. The van der Waals surface area contributed by atoms with Gasteiger partial charge >= 0.3 is 0 Å². The van der Waals surface area contributed by atoms with Gasteiger partial charge in [-0.3, -0.25) is 9.71 Å². The Hall–Kier alpha value is -2.60. The van der Waals surface area contributed by atoms with Crippen LogP contribution in [0.5, 0.6) is 5.75 Å². The Kier molecular flexibility index (Phi) is 5.19. The first-order valence-electron chi connectivity index (χ1n) is 8.18. The molecule has 0 atom stereocenters. The van der Waals surface area contributed by atoms with Gasteiger partial charge in [0, 0.05) is 23.2 Å². The van der Waals surface area contributed by atoms with Crippen molar-refractivity contribution in [2.24, 2.45) is 0 Å². The molecule has 25 heavy (non-hydrogen) atoms. The molecule has 0 fully saturated rings. The van der Waals surface area contributed by atoms with Crippen molar-refractivity contribution in [3.05, 3.63) is 60.9 Å². The summed E-state index contributed by atoms with van der Waals surface area (Å²) in [6, 6.07) is 13.7. The van der Waals surface area contributed by atoms with Gasteiger partial charge in [0.15, 0.2) is 0 Å². The van der Waals surface area contributed by atoms with E-state index in [1.54, 1.807) is 54.9 Å². The van der Waals surface area contributed by atoms with E-state index >= 15 is 0 Å². The lowest BCUT2D eigenvalue weighted by molar-refractivity contribution is 0.309. The van der Waals surface area contributed by atoms with Crippen molar-refractivity contribution in [2.75, 3.05) is 11.3 Å². The van der Waals surface area contributed by atoms with E-state index in [-0.39, 0.29) is 4.90 Å². The lowest BCUT2D eigenvalue weighted by Gasteiger charge is -2.11. The molecule has 1 N–H and O–H groups in total. The molecule has 0 amide bonds. The average Bonchev–Trinajstić information content (AvgIpc) is 2.62. The largest absolute Gasteiger partial charge is 0.494 e. The van der Waals surface area contributed by atoms with Crippen molar-refractivity contribution in [1.29, 1.82) is 0 Å². The van der Waals surface area contributed by atoms with Gasteiger partial charge in [-0.25, -0.2) is 8.42 Å². The van der Waals surface area contributed by atoms with Crippen molar-refractivity contribution in [2.45, 2.75) is 24.7 Å². The normalized spacial score (nSPS) is 11.4. The second-order valence-corrected chi connectivity index (χ2v) is 7.36. The summed E-state index contributed by atoms with van der Waals surface area (Å²) in [5.74, 6) is 0.670. The highest BCUT2D eigenvalue weighted by Gasteiger charge is 2.15. The Balaban J connectivity index is 1.81. The van der Waals surface area contributed by atoms with Crippen LogP contribution in [0.25, 0.3) is 10.8 Å². The molecule has 0 aliphatic rings. The molecule has 0 aliphatic carbocycles. The van der Waals surface area contributed by atoms with Crippen molar-refractivity contribution in [3.8, 4) is 5.75 Å². The zero-order chi connectivity index (χ0) is 17.7. The van der Waals surface area contributed by atoms with Crippen LogP contribution < -0.4 is 9.46 Å².